The summed E-state index contributed by atoms with van der Waals surface area (Å²) in [7, 11) is 0. The third-order valence-electron chi connectivity index (χ3n) is 2.89. The molecule has 0 aliphatic rings. The third-order valence-corrected chi connectivity index (χ3v) is 3.52. The highest BCUT2D eigenvalue weighted by molar-refractivity contribution is 9.10. The van der Waals surface area contributed by atoms with Crippen molar-refractivity contribution >= 4 is 34.1 Å². The van der Waals surface area contributed by atoms with Crippen LogP contribution in [0, 0.1) is 13.8 Å². The summed E-state index contributed by atoms with van der Waals surface area (Å²) in [5.41, 5.74) is 3.60. The molecule has 0 heterocycles. The van der Waals surface area contributed by atoms with Crippen LogP contribution in [0.5, 0.6) is 5.75 Å². The van der Waals surface area contributed by atoms with Gasteiger partial charge in [-0.15, -0.1) is 0 Å². The second kappa shape index (κ2) is 6.01. The van der Waals surface area contributed by atoms with E-state index in [4.69, 9.17) is 0 Å². The van der Waals surface area contributed by atoms with Crippen molar-refractivity contribution < 1.29 is 9.90 Å². The van der Waals surface area contributed by atoms with E-state index >= 15 is 0 Å². The first-order valence-electron chi connectivity index (χ1n) is 6.10. The van der Waals surface area contributed by atoms with Crippen LogP contribution < -0.4 is 0 Å². The SMILES string of the molecule is Cc1ccc(N=Cc2cc(C)cc(C=O)c2O)c(Br)c1. The molecule has 0 aromatic heterocycles. The Bertz CT molecular complexity index is 693. The summed E-state index contributed by atoms with van der Waals surface area (Å²) in [6.07, 6.45) is 2.20. The van der Waals surface area contributed by atoms with Crippen LogP contribution in [0.15, 0.2) is 39.8 Å². The molecule has 3 nitrogen and oxygen atoms in total. The van der Waals surface area contributed by atoms with E-state index < -0.39 is 0 Å². The maximum atomic E-state index is 10.9. The first-order chi connectivity index (χ1) is 9.51. The molecule has 0 radical (unpaired) electrons. The van der Waals surface area contributed by atoms with E-state index in [9.17, 15) is 9.90 Å². The minimum atomic E-state index is -0.0439. The number of phenols is 1. The zero-order valence-corrected chi connectivity index (χ0v) is 12.8. The van der Waals surface area contributed by atoms with Gasteiger partial charge in [0.15, 0.2) is 6.29 Å². The summed E-state index contributed by atoms with van der Waals surface area (Å²) in [4.78, 5) is 15.2. The van der Waals surface area contributed by atoms with E-state index in [1.807, 2.05) is 32.0 Å². The van der Waals surface area contributed by atoms with Crippen LogP contribution in [0.2, 0.25) is 0 Å². The van der Waals surface area contributed by atoms with E-state index in [0.717, 1.165) is 21.3 Å². The van der Waals surface area contributed by atoms with Gasteiger partial charge in [-0.1, -0.05) is 6.07 Å². The summed E-state index contributed by atoms with van der Waals surface area (Å²) >= 11 is 3.45. The second-order valence-electron chi connectivity index (χ2n) is 4.62. The van der Waals surface area contributed by atoms with Gasteiger partial charge < -0.3 is 5.11 Å². The molecular formula is C16H14BrNO2. The Morgan fingerprint density at radius 2 is 1.80 bits per heavy atom. The summed E-state index contributed by atoms with van der Waals surface area (Å²) in [6.45, 7) is 3.87. The van der Waals surface area contributed by atoms with Gasteiger partial charge >= 0.3 is 0 Å². The molecule has 0 aliphatic carbocycles. The number of aryl methyl sites for hydroxylation is 2. The minimum absolute atomic E-state index is 0.0439. The number of benzene rings is 2. The number of aliphatic imine (C=N–C) groups is 1. The maximum absolute atomic E-state index is 10.9. The number of hydrogen-bond acceptors (Lipinski definition) is 3. The van der Waals surface area contributed by atoms with Crippen LogP contribution in [0.25, 0.3) is 0 Å². The molecule has 0 aliphatic heterocycles. The fourth-order valence-electron chi connectivity index (χ4n) is 1.88. The smallest absolute Gasteiger partial charge is 0.153 e. The first kappa shape index (κ1) is 14.5. The van der Waals surface area contributed by atoms with E-state index in [0.29, 0.717) is 11.8 Å². The lowest BCUT2D eigenvalue weighted by Gasteiger charge is -2.04. The van der Waals surface area contributed by atoms with Crippen LogP contribution in [-0.2, 0) is 0 Å². The van der Waals surface area contributed by atoms with E-state index in [-0.39, 0.29) is 11.3 Å². The van der Waals surface area contributed by atoms with Gasteiger partial charge in [0, 0.05) is 16.3 Å². The van der Waals surface area contributed by atoms with Gasteiger partial charge in [-0.25, -0.2) is 0 Å². The number of nitrogens with zero attached hydrogens (tertiary/aromatic N) is 1. The van der Waals surface area contributed by atoms with Crippen molar-refractivity contribution in [3.05, 3.63) is 57.1 Å². The highest BCUT2D eigenvalue weighted by atomic mass is 79.9. The average Bonchev–Trinajstić information content (AvgIpc) is 2.41. The van der Waals surface area contributed by atoms with Gasteiger partial charge in [0.05, 0.1) is 11.3 Å². The van der Waals surface area contributed by atoms with Crippen molar-refractivity contribution in [1.29, 1.82) is 0 Å². The predicted octanol–water partition coefficient (Wildman–Crippen LogP) is 4.33. The molecule has 0 unspecified atom stereocenters. The highest BCUT2D eigenvalue weighted by Gasteiger charge is 2.06. The Kier molecular flexibility index (Phi) is 4.35. The molecule has 20 heavy (non-hydrogen) atoms. The van der Waals surface area contributed by atoms with Crippen LogP contribution in [0.1, 0.15) is 27.0 Å². The van der Waals surface area contributed by atoms with Gasteiger partial charge in [-0.3, -0.25) is 9.79 Å². The number of phenolic OH excluding ortho intramolecular Hbond substituents is 1. The average molecular weight is 332 g/mol. The van der Waals surface area contributed by atoms with Crippen LogP contribution in [0.3, 0.4) is 0 Å². The molecule has 2 rings (SSSR count). The fourth-order valence-corrected chi connectivity index (χ4v) is 2.48. The topological polar surface area (TPSA) is 49.7 Å². The summed E-state index contributed by atoms with van der Waals surface area (Å²) < 4.78 is 0.886. The molecule has 1 N–H and O–H groups in total. The van der Waals surface area contributed by atoms with Crippen molar-refractivity contribution in [3.8, 4) is 5.75 Å². The Balaban J connectivity index is 2.41. The molecule has 2 aromatic carbocycles. The van der Waals surface area contributed by atoms with Crippen molar-refractivity contribution in [2.24, 2.45) is 4.99 Å². The summed E-state index contributed by atoms with van der Waals surface area (Å²) in [5.74, 6) is -0.0439. The van der Waals surface area contributed by atoms with E-state index in [1.165, 1.54) is 0 Å². The second-order valence-corrected chi connectivity index (χ2v) is 5.48. The van der Waals surface area contributed by atoms with Crippen molar-refractivity contribution in [3.63, 3.8) is 0 Å². The number of hydrogen-bond donors (Lipinski definition) is 1. The molecular weight excluding hydrogens is 318 g/mol. The first-order valence-corrected chi connectivity index (χ1v) is 6.89. The van der Waals surface area contributed by atoms with Crippen molar-refractivity contribution in [2.45, 2.75) is 13.8 Å². The van der Waals surface area contributed by atoms with Gasteiger partial charge in [-0.05, 0) is 65.2 Å². The number of aldehydes is 1. The van der Waals surface area contributed by atoms with E-state index in [2.05, 4.69) is 20.9 Å². The van der Waals surface area contributed by atoms with Gasteiger partial charge in [-0.2, -0.15) is 0 Å². The zero-order valence-electron chi connectivity index (χ0n) is 11.2. The molecule has 102 valence electrons. The van der Waals surface area contributed by atoms with Gasteiger partial charge in [0.2, 0.25) is 0 Å². The molecule has 0 atom stereocenters. The molecule has 0 saturated heterocycles. The normalized spacial score (nSPS) is 10.9. The van der Waals surface area contributed by atoms with Gasteiger partial charge in [0.25, 0.3) is 0 Å². The Hall–Kier alpha value is -1.94. The predicted molar refractivity (Wildman–Crippen MR) is 84.4 cm³/mol. The number of carbonyl (C=O) groups is 1. The number of carbonyl (C=O) groups excluding carboxylic acids is 1. The molecule has 4 heteroatoms. The largest absolute Gasteiger partial charge is 0.507 e. The fraction of sp³-hybridized carbons (Fsp3) is 0.125. The maximum Gasteiger partial charge on any atom is 0.153 e. The number of aromatic hydroxyl groups is 1. The number of rotatable bonds is 3. The molecule has 0 saturated carbocycles. The Labute approximate surface area is 126 Å². The van der Waals surface area contributed by atoms with Crippen molar-refractivity contribution in [2.75, 3.05) is 0 Å². The minimum Gasteiger partial charge on any atom is -0.507 e. The molecule has 0 spiro atoms. The van der Waals surface area contributed by atoms with Crippen molar-refractivity contribution in [1.82, 2.24) is 0 Å². The quantitative estimate of drug-likeness (QED) is 0.672. The molecule has 0 amide bonds. The monoisotopic (exact) mass is 331 g/mol. The van der Waals surface area contributed by atoms with Crippen LogP contribution >= 0.6 is 15.9 Å². The highest BCUT2D eigenvalue weighted by Crippen LogP contribution is 2.27. The third kappa shape index (κ3) is 3.14. The summed E-state index contributed by atoms with van der Waals surface area (Å²) in [5, 5.41) is 9.97. The molecule has 2 aromatic rings. The standard InChI is InChI=1S/C16H14BrNO2/c1-10-3-4-15(14(17)7-10)18-8-12-5-11(2)6-13(9-19)16(12)20/h3-9,20H,1-2H3. The number of halogens is 1. The lowest BCUT2D eigenvalue weighted by Crippen LogP contribution is -1.91. The lowest BCUT2D eigenvalue weighted by atomic mass is 10.1. The van der Waals surface area contributed by atoms with Crippen LogP contribution in [0.4, 0.5) is 5.69 Å². The van der Waals surface area contributed by atoms with E-state index in [1.54, 1.807) is 18.3 Å². The Morgan fingerprint density at radius 1 is 1.10 bits per heavy atom. The summed E-state index contributed by atoms with van der Waals surface area (Å²) in [6, 6.07) is 9.25. The zero-order chi connectivity index (χ0) is 14.7. The molecule has 0 fully saturated rings. The lowest BCUT2D eigenvalue weighted by molar-refractivity contribution is 0.112. The molecule has 0 bridgehead atoms. The van der Waals surface area contributed by atoms with Gasteiger partial charge in [0.1, 0.15) is 5.75 Å². The Morgan fingerprint density at radius 3 is 2.45 bits per heavy atom. The van der Waals surface area contributed by atoms with Crippen LogP contribution in [-0.4, -0.2) is 17.6 Å².